The summed E-state index contributed by atoms with van der Waals surface area (Å²) in [6.07, 6.45) is 4.66. The average molecular weight is 348 g/mol. The molecule has 1 aromatic heterocycles. The molecule has 0 radical (unpaired) electrons. The van der Waals surface area contributed by atoms with Gasteiger partial charge in [-0.3, -0.25) is 9.48 Å². The quantitative estimate of drug-likeness (QED) is 0.893. The van der Waals surface area contributed by atoms with Crippen LogP contribution < -0.4 is 4.72 Å². The number of nitrogens with one attached hydrogen (secondary N) is 1. The normalized spacial score (nSPS) is 18.5. The number of hydrogen-bond donors (Lipinski definition) is 1. The van der Waals surface area contributed by atoms with E-state index >= 15 is 0 Å². The monoisotopic (exact) mass is 348 g/mol. The van der Waals surface area contributed by atoms with Crippen LogP contribution in [0.2, 0.25) is 0 Å². The number of carbonyl (C=O) groups excluding carboxylic acids is 1. The van der Waals surface area contributed by atoms with Crippen LogP contribution in [0.5, 0.6) is 0 Å². The molecule has 0 saturated carbocycles. The maximum atomic E-state index is 12.5. The summed E-state index contributed by atoms with van der Waals surface area (Å²) in [5, 5.41) is 4.01. The Kier molecular flexibility index (Phi) is 4.68. The molecule has 8 heteroatoms. The van der Waals surface area contributed by atoms with Gasteiger partial charge in [0.15, 0.2) is 0 Å². The van der Waals surface area contributed by atoms with Gasteiger partial charge in [-0.25, -0.2) is 13.1 Å². The molecule has 24 heavy (non-hydrogen) atoms. The molecule has 128 valence electrons. The van der Waals surface area contributed by atoms with Crippen molar-refractivity contribution in [1.29, 1.82) is 0 Å². The third-order valence-electron chi connectivity index (χ3n) is 4.04. The third-order valence-corrected chi connectivity index (χ3v) is 5.57. The number of aryl methyl sites for hydroxylation is 1. The van der Waals surface area contributed by atoms with E-state index in [9.17, 15) is 13.2 Å². The van der Waals surface area contributed by atoms with Crippen molar-refractivity contribution in [2.24, 2.45) is 7.05 Å². The molecule has 1 atom stereocenters. The zero-order valence-electron chi connectivity index (χ0n) is 13.4. The number of nitrogens with zero attached hydrogens (tertiary/aromatic N) is 3. The van der Waals surface area contributed by atoms with Gasteiger partial charge in [-0.15, -0.1) is 0 Å². The fourth-order valence-electron chi connectivity index (χ4n) is 2.86. The van der Waals surface area contributed by atoms with Crippen LogP contribution in [0.4, 0.5) is 0 Å². The summed E-state index contributed by atoms with van der Waals surface area (Å²) in [5.74, 6) is -0.119. The van der Waals surface area contributed by atoms with E-state index in [-0.39, 0.29) is 16.8 Å². The lowest BCUT2D eigenvalue weighted by Crippen LogP contribution is -2.49. The predicted molar refractivity (Wildman–Crippen MR) is 88.9 cm³/mol. The van der Waals surface area contributed by atoms with E-state index in [2.05, 4.69) is 9.82 Å². The van der Waals surface area contributed by atoms with Crippen molar-refractivity contribution in [2.45, 2.75) is 23.8 Å². The maximum Gasteiger partial charge on any atom is 0.257 e. The summed E-state index contributed by atoms with van der Waals surface area (Å²) in [4.78, 5) is 14.4. The topological polar surface area (TPSA) is 84.3 Å². The van der Waals surface area contributed by atoms with Crippen LogP contribution in [-0.2, 0) is 17.1 Å². The van der Waals surface area contributed by atoms with Gasteiger partial charge in [-0.05, 0) is 25.0 Å². The number of hydrogen-bond acceptors (Lipinski definition) is 4. The van der Waals surface area contributed by atoms with E-state index in [0.29, 0.717) is 25.1 Å². The summed E-state index contributed by atoms with van der Waals surface area (Å²) in [6.45, 7) is 0.983. The first kappa shape index (κ1) is 16.7. The molecule has 1 aromatic carbocycles. The summed E-state index contributed by atoms with van der Waals surface area (Å²) in [6, 6.07) is 7.98. The van der Waals surface area contributed by atoms with Gasteiger partial charge >= 0.3 is 0 Å². The standard InChI is InChI=1S/C16H20N4O3S/c1-19-11-13(10-17-19)16(21)20-9-5-6-14(12-20)18-24(22,23)15-7-3-2-4-8-15/h2-4,7-8,10-11,14,18H,5-6,9,12H2,1H3. The van der Waals surface area contributed by atoms with Crippen molar-refractivity contribution in [1.82, 2.24) is 19.4 Å². The number of sulfonamides is 1. The summed E-state index contributed by atoms with van der Waals surface area (Å²) < 4.78 is 29.1. The Bertz CT molecular complexity index is 817. The molecule has 0 spiro atoms. The van der Waals surface area contributed by atoms with Crippen molar-refractivity contribution in [2.75, 3.05) is 13.1 Å². The molecular weight excluding hydrogens is 328 g/mol. The van der Waals surface area contributed by atoms with Gasteiger partial charge in [0.25, 0.3) is 5.91 Å². The zero-order valence-corrected chi connectivity index (χ0v) is 14.2. The first-order chi connectivity index (χ1) is 11.5. The first-order valence-corrected chi connectivity index (χ1v) is 9.29. The van der Waals surface area contributed by atoms with Gasteiger partial charge in [0.2, 0.25) is 10.0 Å². The maximum absolute atomic E-state index is 12.5. The minimum absolute atomic E-state index is 0.119. The lowest BCUT2D eigenvalue weighted by molar-refractivity contribution is 0.0703. The highest BCUT2D eigenvalue weighted by Crippen LogP contribution is 2.16. The lowest BCUT2D eigenvalue weighted by atomic mass is 10.1. The molecule has 7 nitrogen and oxygen atoms in total. The smallest absolute Gasteiger partial charge is 0.257 e. The summed E-state index contributed by atoms with van der Waals surface area (Å²) in [5.41, 5.74) is 0.518. The Morgan fingerprint density at radius 1 is 1.29 bits per heavy atom. The summed E-state index contributed by atoms with van der Waals surface area (Å²) >= 11 is 0. The number of piperidine rings is 1. The van der Waals surface area contributed by atoms with Crippen LogP contribution in [0.3, 0.4) is 0 Å². The number of carbonyl (C=O) groups is 1. The van der Waals surface area contributed by atoms with E-state index in [0.717, 1.165) is 6.42 Å². The lowest BCUT2D eigenvalue weighted by Gasteiger charge is -2.32. The molecule has 1 amide bonds. The van der Waals surface area contributed by atoms with Crippen molar-refractivity contribution < 1.29 is 13.2 Å². The van der Waals surface area contributed by atoms with E-state index in [1.165, 1.54) is 6.20 Å². The van der Waals surface area contributed by atoms with Gasteiger partial charge in [0.1, 0.15) is 0 Å². The van der Waals surface area contributed by atoms with E-state index in [1.807, 2.05) is 0 Å². The van der Waals surface area contributed by atoms with Crippen molar-refractivity contribution in [3.8, 4) is 0 Å². The van der Waals surface area contributed by atoms with Gasteiger partial charge in [-0.2, -0.15) is 5.10 Å². The second-order valence-corrected chi connectivity index (χ2v) is 7.64. The zero-order chi connectivity index (χ0) is 17.2. The number of aromatic nitrogens is 2. The van der Waals surface area contributed by atoms with Gasteiger partial charge in [0, 0.05) is 32.4 Å². The minimum Gasteiger partial charge on any atom is -0.337 e. The third kappa shape index (κ3) is 3.65. The molecule has 0 bridgehead atoms. The van der Waals surface area contributed by atoms with Crippen LogP contribution in [0, 0.1) is 0 Å². The fourth-order valence-corrected chi connectivity index (χ4v) is 4.14. The van der Waals surface area contributed by atoms with Crippen LogP contribution in [-0.4, -0.2) is 48.1 Å². The number of likely N-dealkylation sites (tertiary alicyclic amines) is 1. The summed E-state index contributed by atoms with van der Waals surface area (Å²) in [7, 11) is -1.82. The minimum atomic E-state index is -3.57. The molecule has 1 unspecified atom stereocenters. The van der Waals surface area contributed by atoms with Crippen molar-refractivity contribution in [3.63, 3.8) is 0 Å². The highest BCUT2D eigenvalue weighted by molar-refractivity contribution is 7.89. The highest BCUT2D eigenvalue weighted by Gasteiger charge is 2.28. The molecule has 0 aliphatic carbocycles. The fraction of sp³-hybridized carbons (Fsp3) is 0.375. The van der Waals surface area contributed by atoms with E-state index < -0.39 is 10.0 Å². The molecule has 1 saturated heterocycles. The van der Waals surface area contributed by atoms with Gasteiger partial charge < -0.3 is 4.90 Å². The van der Waals surface area contributed by atoms with Crippen molar-refractivity contribution in [3.05, 3.63) is 48.3 Å². The Labute approximate surface area is 141 Å². The van der Waals surface area contributed by atoms with E-state index in [1.54, 1.807) is 53.2 Å². The van der Waals surface area contributed by atoms with Gasteiger partial charge in [-0.1, -0.05) is 18.2 Å². The Balaban J connectivity index is 1.69. The molecular formula is C16H20N4O3S. The molecule has 1 aliphatic heterocycles. The van der Waals surface area contributed by atoms with Crippen LogP contribution in [0.15, 0.2) is 47.6 Å². The molecule has 2 aromatic rings. The largest absolute Gasteiger partial charge is 0.337 e. The Morgan fingerprint density at radius 2 is 2.04 bits per heavy atom. The second-order valence-electron chi connectivity index (χ2n) is 5.93. The average Bonchev–Trinajstić information content (AvgIpc) is 3.01. The molecule has 1 aliphatic rings. The van der Waals surface area contributed by atoms with Crippen LogP contribution in [0.1, 0.15) is 23.2 Å². The highest BCUT2D eigenvalue weighted by atomic mass is 32.2. The Morgan fingerprint density at radius 3 is 2.71 bits per heavy atom. The number of amides is 1. The molecule has 1 N–H and O–H groups in total. The van der Waals surface area contributed by atoms with Crippen LogP contribution >= 0.6 is 0 Å². The molecule has 1 fully saturated rings. The van der Waals surface area contributed by atoms with Crippen LogP contribution in [0.25, 0.3) is 0 Å². The Hall–Kier alpha value is -2.19. The van der Waals surface area contributed by atoms with Crippen molar-refractivity contribution >= 4 is 15.9 Å². The molecule has 3 rings (SSSR count). The number of benzene rings is 1. The first-order valence-electron chi connectivity index (χ1n) is 7.81. The SMILES string of the molecule is Cn1cc(C(=O)N2CCCC(NS(=O)(=O)c3ccccc3)C2)cn1. The second kappa shape index (κ2) is 6.74. The van der Waals surface area contributed by atoms with E-state index in [4.69, 9.17) is 0 Å². The predicted octanol–water partition coefficient (Wildman–Crippen LogP) is 1.00. The van der Waals surface area contributed by atoms with Gasteiger partial charge in [0.05, 0.1) is 16.7 Å². The number of rotatable bonds is 4. The molecule has 2 heterocycles.